The highest BCUT2D eigenvalue weighted by Crippen LogP contribution is 2.21. The molecule has 1 aliphatic rings. The van der Waals surface area contributed by atoms with Gasteiger partial charge in [-0.1, -0.05) is 23.7 Å². The third-order valence-corrected chi connectivity index (χ3v) is 6.36. The van der Waals surface area contributed by atoms with Crippen LogP contribution in [0.15, 0.2) is 41.6 Å². The number of carbonyl (C=O) groups excluding carboxylic acids is 1. The highest BCUT2D eigenvalue weighted by Gasteiger charge is 2.29. The second-order valence-electron chi connectivity index (χ2n) is 6.00. The molecule has 0 aliphatic carbocycles. The first-order valence-corrected chi connectivity index (χ1v) is 9.99. The summed E-state index contributed by atoms with van der Waals surface area (Å²) in [6.45, 7) is 1.35. The van der Waals surface area contributed by atoms with E-state index in [0.29, 0.717) is 36.8 Å². The molecule has 0 unspecified atom stereocenters. The highest BCUT2D eigenvalue weighted by molar-refractivity contribution is 7.89. The Balaban J connectivity index is 1.66. The predicted molar refractivity (Wildman–Crippen MR) is 98.6 cm³/mol. The van der Waals surface area contributed by atoms with Crippen LogP contribution in [0, 0.1) is 0 Å². The zero-order valence-corrected chi connectivity index (χ0v) is 15.9. The third-order valence-electron chi connectivity index (χ3n) is 4.18. The Morgan fingerprint density at radius 3 is 2.65 bits per heavy atom. The van der Waals surface area contributed by atoms with Crippen molar-refractivity contribution < 1.29 is 13.2 Å². The molecule has 2 amide bonds. The van der Waals surface area contributed by atoms with E-state index in [4.69, 9.17) is 11.6 Å². The van der Waals surface area contributed by atoms with Crippen LogP contribution in [0.5, 0.6) is 0 Å². The van der Waals surface area contributed by atoms with Gasteiger partial charge in [0.15, 0.2) is 0 Å². The Hall–Kier alpha value is -2.10. The van der Waals surface area contributed by atoms with Crippen molar-refractivity contribution in [1.29, 1.82) is 0 Å². The molecule has 1 aromatic carbocycles. The zero-order valence-electron chi connectivity index (χ0n) is 14.3. The number of para-hydroxylation sites is 1. The SMILES string of the molecule is Cn1cc(S(=O)(=O)N2CCCN(C(=O)Nc3ccccc3Cl)CC2)cn1. The second kappa shape index (κ2) is 7.65. The van der Waals surface area contributed by atoms with Crippen molar-refractivity contribution in [1.82, 2.24) is 19.0 Å². The molecule has 1 N–H and O–H groups in total. The fraction of sp³-hybridized carbons (Fsp3) is 0.375. The van der Waals surface area contributed by atoms with Crippen molar-refractivity contribution >= 4 is 33.3 Å². The summed E-state index contributed by atoms with van der Waals surface area (Å²) in [6, 6.07) is 6.69. The van der Waals surface area contributed by atoms with E-state index in [2.05, 4.69) is 10.4 Å². The smallest absolute Gasteiger partial charge is 0.321 e. The second-order valence-corrected chi connectivity index (χ2v) is 8.35. The van der Waals surface area contributed by atoms with Gasteiger partial charge in [-0.15, -0.1) is 0 Å². The fourth-order valence-corrected chi connectivity index (χ4v) is 4.41. The number of nitrogens with zero attached hydrogens (tertiary/aromatic N) is 4. The van der Waals surface area contributed by atoms with Gasteiger partial charge < -0.3 is 10.2 Å². The molecule has 1 saturated heterocycles. The van der Waals surface area contributed by atoms with E-state index in [1.54, 1.807) is 36.2 Å². The number of hydrogen-bond acceptors (Lipinski definition) is 4. The van der Waals surface area contributed by atoms with E-state index in [-0.39, 0.29) is 17.5 Å². The lowest BCUT2D eigenvalue weighted by atomic mass is 10.3. The van der Waals surface area contributed by atoms with Crippen LogP contribution >= 0.6 is 11.6 Å². The number of amides is 2. The number of benzene rings is 1. The fourth-order valence-electron chi connectivity index (χ4n) is 2.78. The van der Waals surface area contributed by atoms with Crippen LogP contribution in [0.1, 0.15) is 6.42 Å². The number of rotatable bonds is 3. The van der Waals surface area contributed by atoms with Crippen molar-refractivity contribution in [3.63, 3.8) is 0 Å². The molecule has 8 nitrogen and oxygen atoms in total. The number of halogens is 1. The first-order valence-electron chi connectivity index (χ1n) is 8.17. The topological polar surface area (TPSA) is 87.5 Å². The quantitative estimate of drug-likeness (QED) is 0.858. The molecular weight excluding hydrogens is 378 g/mol. The molecule has 10 heteroatoms. The molecule has 2 aromatic rings. The summed E-state index contributed by atoms with van der Waals surface area (Å²) in [7, 11) is -1.94. The van der Waals surface area contributed by atoms with Crippen molar-refractivity contribution in [3.05, 3.63) is 41.7 Å². The van der Waals surface area contributed by atoms with Gasteiger partial charge in [0.2, 0.25) is 10.0 Å². The zero-order chi connectivity index (χ0) is 18.7. The van der Waals surface area contributed by atoms with Gasteiger partial charge in [0.05, 0.1) is 16.9 Å². The van der Waals surface area contributed by atoms with E-state index < -0.39 is 10.0 Å². The Labute approximate surface area is 157 Å². The number of nitrogens with one attached hydrogen (secondary N) is 1. The minimum absolute atomic E-state index is 0.161. The molecule has 1 aromatic heterocycles. The lowest BCUT2D eigenvalue weighted by Crippen LogP contribution is -2.39. The van der Waals surface area contributed by atoms with Gasteiger partial charge in [0.1, 0.15) is 4.90 Å². The normalized spacial score (nSPS) is 16.3. The van der Waals surface area contributed by atoms with Crippen LogP contribution in [-0.4, -0.2) is 59.6 Å². The van der Waals surface area contributed by atoms with Gasteiger partial charge in [-0.3, -0.25) is 4.68 Å². The standard InChI is InChI=1S/C16H20ClN5O3S/c1-20-12-13(11-18-20)26(24,25)22-8-4-7-21(9-10-22)16(23)19-15-6-3-2-5-14(15)17/h2-3,5-6,11-12H,4,7-10H2,1H3,(H,19,23). The third kappa shape index (κ3) is 4.00. The summed E-state index contributed by atoms with van der Waals surface area (Å²) in [5.74, 6) is 0. The largest absolute Gasteiger partial charge is 0.323 e. The van der Waals surface area contributed by atoms with Crippen molar-refractivity contribution in [2.45, 2.75) is 11.3 Å². The number of hydrogen-bond donors (Lipinski definition) is 1. The minimum atomic E-state index is -3.61. The number of carbonyl (C=O) groups is 1. The van der Waals surface area contributed by atoms with Crippen molar-refractivity contribution in [2.24, 2.45) is 7.05 Å². The average Bonchev–Trinajstić information content (AvgIpc) is 2.90. The maximum Gasteiger partial charge on any atom is 0.321 e. The molecule has 0 atom stereocenters. The maximum absolute atomic E-state index is 12.7. The average molecular weight is 398 g/mol. The van der Waals surface area contributed by atoms with Gasteiger partial charge >= 0.3 is 6.03 Å². The first-order chi connectivity index (χ1) is 12.4. The highest BCUT2D eigenvalue weighted by atomic mass is 35.5. The molecule has 1 fully saturated rings. The van der Waals surface area contributed by atoms with Crippen molar-refractivity contribution in [2.75, 3.05) is 31.5 Å². The number of sulfonamides is 1. The number of aryl methyl sites for hydroxylation is 1. The lowest BCUT2D eigenvalue weighted by molar-refractivity contribution is 0.214. The molecule has 140 valence electrons. The molecule has 3 rings (SSSR count). The molecule has 2 heterocycles. The van der Waals surface area contributed by atoms with Crippen LogP contribution < -0.4 is 5.32 Å². The van der Waals surface area contributed by atoms with Crippen LogP contribution in [0.3, 0.4) is 0 Å². The van der Waals surface area contributed by atoms with Crippen LogP contribution in [0.2, 0.25) is 5.02 Å². The Morgan fingerprint density at radius 2 is 1.96 bits per heavy atom. The number of anilines is 1. The van der Waals surface area contributed by atoms with Crippen LogP contribution in [0.25, 0.3) is 0 Å². The lowest BCUT2D eigenvalue weighted by Gasteiger charge is -2.22. The van der Waals surface area contributed by atoms with Crippen molar-refractivity contribution in [3.8, 4) is 0 Å². The van der Waals surface area contributed by atoms with Gasteiger partial charge in [0, 0.05) is 39.4 Å². The van der Waals surface area contributed by atoms with Crippen LogP contribution in [-0.2, 0) is 17.1 Å². The molecule has 0 bridgehead atoms. The summed E-state index contributed by atoms with van der Waals surface area (Å²) >= 11 is 6.06. The van der Waals surface area contributed by atoms with E-state index in [1.165, 1.54) is 21.4 Å². The molecular formula is C16H20ClN5O3S. The van der Waals surface area contributed by atoms with Gasteiger partial charge in [-0.05, 0) is 18.6 Å². The van der Waals surface area contributed by atoms with E-state index in [0.717, 1.165) is 0 Å². The minimum Gasteiger partial charge on any atom is -0.323 e. The predicted octanol–water partition coefficient (Wildman–Crippen LogP) is 2.00. The summed E-state index contributed by atoms with van der Waals surface area (Å²) < 4.78 is 28.3. The van der Waals surface area contributed by atoms with Gasteiger partial charge in [0.25, 0.3) is 0 Å². The first kappa shape index (κ1) is 18.7. The van der Waals surface area contributed by atoms with E-state index in [1.807, 2.05) is 0 Å². The summed E-state index contributed by atoms with van der Waals surface area (Å²) in [5, 5.41) is 7.15. The molecule has 0 saturated carbocycles. The van der Waals surface area contributed by atoms with Gasteiger partial charge in [-0.25, -0.2) is 13.2 Å². The maximum atomic E-state index is 12.7. The summed E-state index contributed by atoms with van der Waals surface area (Å²) in [4.78, 5) is 14.2. The number of aromatic nitrogens is 2. The van der Waals surface area contributed by atoms with Gasteiger partial charge in [-0.2, -0.15) is 9.40 Å². The number of urea groups is 1. The Bertz CT molecular complexity index is 899. The van der Waals surface area contributed by atoms with Crippen LogP contribution in [0.4, 0.5) is 10.5 Å². The monoisotopic (exact) mass is 397 g/mol. The Kier molecular flexibility index (Phi) is 5.49. The molecule has 1 aliphatic heterocycles. The molecule has 0 radical (unpaired) electrons. The van der Waals surface area contributed by atoms with E-state index in [9.17, 15) is 13.2 Å². The Morgan fingerprint density at radius 1 is 1.19 bits per heavy atom. The molecule has 0 spiro atoms. The summed E-state index contributed by atoms with van der Waals surface area (Å²) in [6.07, 6.45) is 3.36. The summed E-state index contributed by atoms with van der Waals surface area (Å²) in [5.41, 5.74) is 0.531. The van der Waals surface area contributed by atoms with E-state index >= 15 is 0 Å². The molecule has 26 heavy (non-hydrogen) atoms.